The Bertz CT molecular complexity index is 1030. The number of sulfonamides is 1. The summed E-state index contributed by atoms with van der Waals surface area (Å²) in [6.07, 6.45) is 9.72. The van der Waals surface area contributed by atoms with Crippen LogP contribution < -0.4 is 4.90 Å². The van der Waals surface area contributed by atoms with Crippen molar-refractivity contribution >= 4 is 15.7 Å². The second-order valence-corrected chi connectivity index (χ2v) is 10.8. The average molecular weight is 471 g/mol. The summed E-state index contributed by atoms with van der Waals surface area (Å²) < 4.78 is 67.7. The fourth-order valence-electron chi connectivity index (χ4n) is 4.95. The average Bonchev–Trinajstić information content (AvgIpc) is 3.36. The number of para-hydroxylation sites is 1. The van der Waals surface area contributed by atoms with Crippen LogP contribution in [-0.2, 0) is 30.2 Å². The molecule has 0 saturated heterocycles. The molecule has 2 heterocycles. The summed E-state index contributed by atoms with van der Waals surface area (Å²) in [6, 6.07) is 6.77. The van der Waals surface area contributed by atoms with Gasteiger partial charge in [0.1, 0.15) is 0 Å². The molecule has 2 aromatic rings. The van der Waals surface area contributed by atoms with Crippen molar-refractivity contribution in [2.45, 2.75) is 63.2 Å². The molecular formula is C22H29F3N4O2S. The third-order valence-corrected chi connectivity index (χ3v) is 8.15. The van der Waals surface area contributed by atoms with Crippen LogP contribution in [0.1, 0.15) is 49.8 Å². The van der Waals surface area contributed by atoms with E-state index >= 15 is 0 Å². The van der Waals surface area contributed by atoms with Crippen molar-refractivity contribution in [1.29, 1.82) is 0 Å². The number of hydrogen-bond donors (Lipinski definition) is 0. The highest BCUT2D eigenvalue weighted by Crippen LogP contribution is 2.37. The van der Waals surface area contributed by atoms with Crippen LogP contribution in [0.15, 0.2) is 36.8 Å². The van der Waals surface area contributed by atoms with E-state index in [0.29, 0.717) is 28.8 Å². The molecule has 0 amide bonds. The number of imidazole rings is 1. The second kappa shape index (κ2) is 9.05. The largest absolute Gasteiger partial charge is 0.511 e. The van der Waals surface area contributed by atoms with Crippen molar-refractivity contribution < 1.29 is 21.6 Å². The van der Waals surface area contributed by atoms with Gasteiger partial charge in [0.05, 0.1) is 18.6 Å². The van der Waals surface area contributed by atoms with E-state index in [2.05, 4.69) is 9.88 Å². The third kappa shape index (κ3) is 4.80. The highest BCUT2D eigenvalue weighted by molar-refractivity contribution is 7.89. The van der Waals surface area contributed by atoms with E-state index in [-0.39, 0.29) is 19.1 Å². The minimum Gasteiger partial charge on any atom is -0.361 e. The summed E-state index contributed by atoms with van der Waals surface area (Å²) in [6.45, 7) is -0.0835. The quantitative estimate of drug-likeness (QED) is 0.627. The van der Waals surface area contributed by atoms with Crippen LogP contribution in [0, 0.1) is 5.92 Å². The zero-order chi connectivity index (χ0) is 22.9. The van der Waals surface area contributed by atoms with Gasteiger partial charge in [0, 0.05) is 38.1 Å². The number of alkyl halides is 3. The van der Waals surface area contributed by atoms with Crippen molar-refractivity contribution in [3.05, 3.63) is 48.0 Å². The van der Waals surface area contributed by atoms with Crippen LogP contribution >= 0.6 is 0 Å². The Morgan fingerprint density at radius 2 is 1.84 bits per heavy atom. The molecule has 1 unspecified atom stereocenters. The lowest BCUT2D eigenvalue weighted by Crippen LogP contribution is -2.47. The normalized spacial score (nSPS) is 21.0. The number of fused-ring (bicyclic) bond motifs is 1. The maximum atomic E-state index is 13.5. The van der Waals surface area contributed by atoms with Crippen LogP contribution in [-0.4, -0.2) is 40.4 Å². The first-order valence-corrected chi connectivity index (χ1v) is 12.5. The van der Waals surface area contributed by atoms with Gasteiger partial charge in [0.2, 0.25) is 0 Å². The molecule has 4 rings (SSSR count). The van der Waals surface area contributed by atoms with Crippen molar-refractivity contribution in [1.82, 2.24) is 13.9 Å². The molecule has 1 saturated carbocycles. The van der Waals surface area contributed by atoms with Gasteiger partial charge in [-0.15, -0.1) is 0 Å². The lowest BCUT2D eigenvalue weighted by molar-refractivity contribution is -0.0492. The zero-order valence-electron chi connectivity index (χ0n) is 18.1. The summed E-state index contributed by atoms with van der Waals surface area (Å²) in [4.78, 5) is 6.46. The van der Waals surface area contributed by atoms with Gasteiger partial charge in [-0.25, -0.2) is 13.4 Å². The predicted molar refractivity (Wildman–Crippen MR) is 116 cm³/mol. The lowest BCUT2D eigenvalue weighted by Gasteiger charge is -2.34. The van der Waals surface area contributed by atoms with Gasteiger partial charge in [-0.2, -0.15) is 17.5 Å². The molecule has 1 aromatic carbocycles. The molecule has 1 aliphatic carbocycles. The summed E-state index contributed by atoms with van der Waals surface area (Å²) in [5, 5.41) is 0. The molecule has 0 radical (unpaired) electrons. The summed E-state index contributed by atoms with van der Waals surface area (Å²) in [5.41, 5.74) is -3.19. The van der Waals surface area contributed by atoms with Gasteiger partial charge in [0.15, 0.2) is 0 Å². The zero-order valence-corrected chi connectivity index (χ0v) is 18.9. The van der Waals surface area contributed by atoms with E-state index in [1.165, 1.54) is 12.8 Å². The highest BCUT2D eigenvalue weighted by atomic mass is 32.2. The van der Waals surface area contributed by atoms with Crippen LogP contribution in [0.25, 0.3) is 0 Å². The van der Waals surface area contributed by atoms with Gasteiger partial charge in [-0.1, -0.05) is 43.9 Å². The smallest absolute Gasteiger partial charge is 0.361 e. The first kappa shape index (κ1) is 23.1. The Morgan fingerprint density at radius 1 is 1.12 bits per heavy atom. The standard InChI is InChI=1S/C22H29F3N4O2S/c1-27-13-19(26-16-27)14-29-20(11-10-17-6-2-3-7-17)15-28(32(30,31)22(23,24)25)12-18-8-4-5-9-21(18)29/h4-5,8-9,13,16-17,20H,2-3,6-7,10-12,14-15H2,1H3. The number of halogens is 3. The van der Waals surface area contributed by atoms with E-state index in [1.807, 2.05) is 29.9 Å². The fraction of sp³-hybridized carbons (Fsp3) is 0.591. The minimum atomic E-state index is -5.44. The van der Waals surface area contributed by atoms with Crippen LogP contribution in [0.5, 0.6) is 0 Å². The van der Waals surface area contributed by atoms with Gasteiger partial charge in [-0.05, 0) is 30.4 Å². The summed E-state index contributed by atoms with van der Waals surface area (Å²) >= 11 is 0. The van der Waals surface area contributed by atoms with E-state index < -0.39 is 15.5 Å². The van der Waals surface area contributed by atoms with Gasteiger partial charge < -0.3 is 9.47 Å². The van der Waals surface area contributed by atoms with Crippen LogP contribution in [0.4, 0.5) is 18.9 Å². The number of aromatic nitrogens is 2. The van der Waals surface area contributed by atoms with Crippen molar-refractivity contribution in [3.8, 4) is 0 Å². The molecule has 2 aliphatic rings. The summed E-state index contributed by atoms with van der Waals surface area (Å²) in [5.74, 6) is 0.554. The monoisotopic (exact) mass is 470 g/mol. The van der Waals surface area contributed by atoms with Crippen LogP contribution in [0.2, 0.25) is 0 Å². The van der Waals surface area contributed by atoms with Crippen molar-refractivity contribution in [2.24, 2.45) is 13.0 Å². The highest BCUT2D eigenvalue weighted by Gasteiger charge is 2.51. The van der Waals surface area contributed by atoms with E-state index in [0.717, 1.165) is 30.6 Å². The number of aryl methyl sites for hydroxylation is 1. The summed E-state index contributed by atoms with van der Waals surface area (Å²) in [7, 11) is -3.58. The molecule has 1 aliphatic heterocycles. The Kier molecular flexibility index (Phi) is 6.53. The maximum Gasteiger partial charge on any atom is 0.511 e. The van der Waals surface area contributed by atoms with Gasteiger partial charge in [-0.3, -0.25) is 0 Å². The number of benzene rings is 1. The topological polar surface area (TPSA) is 58.4 Å². The Hall–Kier alpha value is -2.07. The van der Waals surface area contributed by atoms with Gasteiger partial charge >= 0.3 is 15.5 Å². The Labute approximate surface area is 187 Å². The molecular weight excluding hydrogens is 441 g/mol. The van der Waals surface area contributed by atoms with E-state index in [4.69, 9.17) is 0 Å². The molecule has 176 valence electrons. The first-order valence-electron chi connectivity index (χ1n) is 11.0. The molecule has 0 bridgehead atoms. The Morgan fingerprint density at radius 3 is 2.50 bits per heavy atom. The van der Waals surface area contributed by atoms with Gasteiger partial charge in [0.25, 0.3) is 0 Å². The molecule has 1 fully saturated rings. The van der Waals surface area contributed by atoms with Crippen LogP contribution in [0.3, 0.4) is 0 Å². The Balaban J connectivity index is 1.71. The number of nitrogens with zero attached hydrogens (tertiary/aromatic N) is 4. The third-order valence-electron chi connectivity index (χ3n) is 6.61. The number of anilines is 1. The fourth-order valence-corrected chi connectivity index (χ4v) is 5.92. The second-order valence-electron chi connectivity index (χ2n) is 8.91. The molecule has 0 spiro atoms. The SMILES string of the molecule is Cn1cnc(CN2c3ccccc3CN(S(=O)(=O)C(F)(F)F)CC2CCC2CCCC2)c1. The number of hydrogen-bond acceptors (Lipinski definition) is 4. The molecule has 10 heteroatoms. The van der Waals surface area contributed by atoms with E-state index in [1.54, 1.807) is 18.5 Å². The first-order chi connectivity index (χ1) is 15.1. The predicted octanol–water partition coefficient (Wildman–Crippen LogP) is 4.43. The molecule has 32 heavy (non-hydrogen) atoms. The molecule has 0 N–H and O–H groups in total. The minimum absolute atomic E-state index is 0.198. The maximum absolute atomic E-state index is 13.5. The van der Waals surface area contributed by atoms with Crippen molar-refractivity contribution in [2.75, 3.05) is 11.4 Å². The lowest BCUT2D eigenvalue weighted by atomic mass is 9.97. The van der Waals surface area contributed by atoms with Crippen molar-refractivity contribution in [3.63, 3.8) is 0 Å². The number of rotatable bonds is 6. The molecule has 1 atom stereocenters. The van der Waals surface area contributed by atoms with E-state index in [9.17, 15) is 21.6 Å². The molecule has 1 aromatic heterocycles. The molecule has 6 nitrogen and oxygen atoms in total.